The van der Waals surface area contributed by atoms with Gasteiger partial charge in [0.05, 0.1) is 12.2 Å². The van der Waals surface area contributed by atoms with E-state index in [1.54, 1.807) is 54.3 Å². The molecule has 0 unspecified atom stereocenters. The minimum absolute atomic E-state index is 0.0484. The number of rotatable bonds is 7. The average molecular weight is 608 g/mol. The van der Waals surface area contributed by atoms with Crippen LogP contribution in [-0.2, 0) is 16.1 Å². The molecule has 2 aromatic heterocycles. The molecule has 0 spiro atoms. The molecule has 3 aromatic carbocycles. The van der Waals surface area contributed by atoms with Gasteiger partial charge in [-0.1, -0.05) is 42.5 Å². The van der Waals surface area contributed by atoms with E-state index in [1.807, 2.05) is 37.3 Å². The molecule has 5 aromatic rings. The van der Waals surface area contributed by atoms with Gasteiger partial charge in [0.25, 0.3) is 0 Å². The number of fused-ring (bicyclic) bond motifs is 1. The molecule has 1 aliphatic heterocycles. The minimum atomic E-state index is -1.42. The van der Waals surface area contributed by atoms with Crippen molar-refractivity contribution in [3.8, 4) is 22.3 Å². The SMILES string of the molecule is CC(=O)c1cn(CC(=O)N2C[C@H](F)C[C@H]2C(=O)Nc2cccc(-c3ccccc3C)c2F)c2ccc(-c3cnc(C)nc3)cc12. The van der Waals surface area contributed by atoms with Crippen LogP contribution in [0.15, 0.2) is 79.3 Å². The first-order chi connectivity index (χ1) is 21.6. The molecule has 45 heavy (non-hydrogen) atoms. The highest BCUT2D eigenvalue weighted by molar-refractivity contribution is 6.08. The van der Waals surface area contributed by atoms with Gasteiger partial charge in [-0.25, -0.2) is 18.7 Å². The topological polar surface area (TPSA) is 97.2 Å². The predicted molar refractivity (Wildman–Crippen MR) is 168 cm³/mol. The Bertz CT molecular complexity index is 1950. The van der Waals surface area contributed by atoms with Gasteiger partial charge in [0.1, 0.15) is 24.6 Å². The van der Waals surface area contributed by atoms with Crippen molar-refractivity contribution in [3.63, 3.8) is 0 Å². The third-order valence-electron chi connectivity index (χ3n) is 8.25. The zero-order valence-electron chi connectivity index (χ0n) is 25.1. The van der Waals surface area contributed by atoms with Crippen LogP contribution in [0.3, 0.4) is 0 Å². The molecule has 10 heteroatoms. The van der Waals surface area contributed by atoms with Gasteiger partial charge in [0.15, 0.2) is 11.6 Å². The number of amides is 2. The number of carbonyl (C=O) groups is 3. The van der Waals surface area contributed by atoms with Crippen LogP contribution in [-0.4, -0.2) is 55.8 Å². The number of anilines is 1. The molecular weight excluding hydrogens is 576 g/mol. The Labute approximate surface area is 258 Å². The van der Waals surface area contributed by atoms with Crippen molar-refractivity contribution in [1.29, 1.82) is 0 Å². The Morgan fingerprint density at radius 2 is 1.69 bits per heavy atom. The van der Waals surface area contributed by atoms with E-state index in [4.69, 9.17) is 0 Å². The van der Waals surface area contributed by atoms with Gasteiger partial charge >= 0.3 is 0 Å². The van der Waals surface area contributed by atoms with E-state index in [1.165, 1.54) is 17.9 Å². The highest BCUT2D eigenvalue weighted by Crippen LogP contribution is 2.32. The van der Waals surface area contributed by atoms with E-state index in [-0.39, 0.29) is 31.0 Å². The summed E-state index contributed by atoms with van der Waals surface area (Å²) in [6.45, 7) is 4.63. The molecule has 0 aliphatic carbocycles. The molecule has 2 amide bonds. The Morgan fingerprint density at radius 1 is 0.956 bits per heavy atom. The first-order valence-corrected chi connectivity index (χ1v) is 14.6. The second-order valence-corrected chi connectivity index (χ2v) is 11.3. The lowest BCUT2D eigenvalue weighted by Gasteiger charge is -2.24. The maximum absolute atomic E-state index is 15.6. The summed E-state index contributed by atoms with van der Waals surface area (Å²) >= 11 is 0. The molecule has 1 saturated heterocycles. The highest BCUT2D eigenvalue weighted by Gasteiger charge is 2.40. The van der Waals surface area contributed by atoms with Crippen LogP contribution < -0.4 is 5.32 Å². The molecule has 8 nitrogen and oxygen atoms in total. The van der Waals surface area contributed by atoms with Crippen molar-refractivity contribution < 1.29 is 23.2 Å². The van der Waals surface area contributed by atoms with Gasteiger partial charge in [-0.2, -0.15) is 0 Å². The molecule has 1 aliphatic rings. The van der Waals surface area contributed by atoms with Crippen LogP contribution >= 0.6 is 0 Å². The summed E-state index contributed by atoms with van der Waals surface area (Å²) in [6.07, 6.45) is 3.39. The summed E-state index contributed by atoms with van der Waals surface area (Å²) in [5, 5.41) is 3.24. The first kappa shape index (κ1) is 29.8. The number of aromatic nitrogens is 3. The summed E-state index contributed by atoms with van der Waals surface area (Å²) < 4.78 is 31.9. The van der Waals surface area contributed by atoms with Crippen LogP contribution in [0.4, 0.5) is 14.5 Å². The van der Waals surface area contributed by atoms with Gasteiger partial charge in [-0.15, -0.1) is 0 Å². The van der Waals surface area contributed by atoms with Crippen molar-refractivity contribution in [2.75, 3.05) is 11.9 Å². The van der Waals surface area contributed by atoms with Crippen LogP contribution in [0.25, 0.3) is 33.2 Å². The Hall–Kier alpha value is -5.25. The smallest absolute Gasteiger partial charge is 0.247 e. The van der Waals surface area contributed by atoms with E-state index in [0.29, 0.717) is 33.4 Å². The summed E-state index contributed by atoms with van der Waals surface area (Å²) in [5.74, 6) is -1.32. The standard InChI is InChI=1S/C35H31F2N5O3/c1-20-7-4-5-8-26(20)27-9-6-10-30(34(27)37)40-35(45)32-14-25(36)17-42(32)33(44)19-41-18-29(21(2)43)28-13-23(11-12-31(28)41)24-15-38-22(3)39-16-24/h4-13,15-16,18,25,32H,14,17,19H2,1-3H3,(H,40,45)/t25-,32+/m1/s1. The minimum Gasteiger partial charge on any atom is -0.337 e. The van der Waals surface area contributed by atoms with Crippen LogP contribution in [0.5, 0.6) is 0 Å². The molecule has 3 heterocycles. The number of aryl methyl sites for hydroxylation is 2. The number of nitrogens with zero attached hydrogens (tertiary/aromatic N) is 4. The number of hydrogen-bond acceptors (Lipinski definition) is 5. The number of likely N-dealkylation sites (tertiary alicyclic amines) is 1. The molecule has 0 saturated carbocycles. The molecule has 6 rings (SSSR count). The van der Waals surface area contributed by atoms with E-state index in [0.717, 1.165) is 16.7 Å². The first-order valence-electron chi connectivity index (χ1n) is 14.6. The zero-order valence-corrected chi connectivity index (χ0v) is 25.1. The fourth-order valence-electron chi connectivity index (χ4n) is 5.90. The number of ketones is 1. The number of hydrogen-bond donors (Lipinski definition) is 1. The number of halogens is 2. The molecule has 1 fully saturated rings. The largest absolute Gasteiger partial charge is 0.337 e. The summed E-state index contributed by atoms with van der Waals surface area (Å²) in [4.78, 5) is 49.2. The fourth-order valence-corrected chi connectivity index (χ4v) is 5.90. The van der Waals surface area contributed by atoms with Crippen molar-refractivity contribution in [2.24, 2.45) is 0 Å². The van der Waals surface area contributed by atoms with Crippen molar-refractivity contribution in [2.45, 2.75) is 46.0 Å². The van der Waals surface area contributed by atoms with E-state index >= 15 is 4.39 Å². The summed E-state index contributed by atoms with van der Waals surface area (Å²) in [6, 6.07) is 16.4. The Morgan fingerprint density at radius 3 is 2.42 bits per heavy atom. The van der Waals surface area contributed by atoms with Crippen LogP contribution in [0, 0.1) is 19.7 Å². The Balaban J connectivity index is 1.25. The number of benzene rings is 3. The number of alkyl halides is 1. The molecule has 228 valence electrons. The van der Waals surface area contributed by atoms with Gasteiger partial charge in [-0.3, -0.25) is 14.4 Å². The lowest BCUT2D eigenvalue weighted by atomic mass is 9.99. The van der Waals surface area contributed by atoms with Gasteiger partial charge in [0.2, 0.25) is 11.8 Å². The van der Waals surface area contributed by atoms with Crippen molar-refractivity contribution in [3.05, 3.63) is 102 Å². The highest BCUT2D eigenvalue weighted by atomic mass is 19.1. The second-order valence-electron chi connectivity index (χ2n) is 11.3. The third kappa shape index (κ3) is 5.83. The molecule has 1 N–H and O–H groups in total. The lowest BCUT2D eigenvalue weighted by Crippen LogP contribution is -2.44. The monoisotopic (exact) mass is 607 g/mol. The van der Waals surface area contributed by atoms with E-state index in [2.05, 4.69) is 15.3 Å². The molecular formula is C35H31F2N5O3. The van der Waals surface area contributed by atoms with Gasteiger partial charge in [0, 0.05) is 52.6 Å². The Kier molecular flexibility index (Phi) is 7.97. The molecule has 2 atom stereocenters. The van der Waals surface area contributed by atoms with Gasteiger partial charge < -0.3 is 14.8 Å². The van der Waals surface area contributed by atoms with Gasteiger partial charge in [-0.05, 0) is 55.7 Å². The van der Waals surface area contributed by atoms with Crippen molar-refractivity contribution >= 4 is 34.2 Å². The third-order valence-corrected chi connectivity index (χ3v) is 8.25. The van der Waals surface area contributed by atoms with E-state index < -0.39 is 29.8 Å². The maximum atomic E-state index is 15.6. The molecule has 0 bridgehead atoms. The molecule has 0 radical (unpaired) electrons. The number of carbonyl (C=O) groups excluding carboxylic acids is 3. The quantitative estimate of drug-likeness (QED) is 0.219. The number of nitrogens with one attached hydrogen (secondary N) is 1. The van der Waals surface area contributed by atoms with Crippen molar-refractivity contribution in [1.82, 2.24) is 19.4 Å². The fraction of sp³-hybridized carbons (Fsp3) is 0.229. The summed E-state index contributed by atoms with van der Waals surface area (Å²) in [5.41, 5.74) is 4.49. The van der Waals surface area contributed by atoms with E-state index in [9.17, 15) is 18.8 Å². The second kappa shape index (κ2) is 12.0. The predicted octanol–water partition coefficient (Wildman–Crippen LogP) is 6.30. The average Bonchev–Trinajstić information content (AvgIpc) is 3.59. The van der Waals surface area contributed by atoms with Crippen LogP contribution in [0.2, 0.25) is 0 Å². The maximum Gasteiger partial charge on any atom is 0.247 e. The normalized spacial score (nSPS) is 16.2. The zero-order chi connectivity index (χ0) is 31.8. The van der Waals surface area contributed by atoms with Crippen LogP contribution in [0.1, 0.15) is 35.1 Å². The summed E-state index contributed by atoms with van der Waals surface area (Å²) in [7, 11) is 0. The lowest BCUT2D eigenvalue weighted by molar-refractivity contribution is -0.137. The number of Topliss-reactive ketones (excluding diaryl/α,β-unsaturated/α-hetero) is 1.